The fourth-order valence-electron chi connectivity index (χ4n) is 3.30. The average Bonchev–Trinajstić information content (AvgIpc) is 2.67. The van der Waals surface area contributed by atoms with E-state index in [0.717, 1.165) is 32.8 Å². The number of halogens is 1. The number of amides is 1. The average molecular weight is 424 g/mol. The summed E-state index contributed by atoms with van der Waals surface area (Å²) in [6, 6.07) is 19.4. The van der Waals surface area contributed by atoms with Crippen molar-refractivity contribution in [2.24, 2.45) is 0 Å². The molecule has 0 aromatic heterocycles. The number of hydrogen-bond donors (Lipinski definition) is 1. The summed E-state index contributed by atoms with van der Waals surface area (Å²) >= 11 is 3.52. The Labute approximate surface area is 167 Å². The summed E-state index contributed by atoms with van der Waals surface area (Å²) in [6.45, 7) is 3.52. The van der Waals surface area contributed by atoms with Crippen molar-refractivity contribution in [1.29, 1.82) is 0 Å². The second kappa shape index (κ2) is 8.49. The summed E-state index contributed by atoms with van der Waals surface area (Å²) in [5.41, 5.74) is 2.41. The van der Waals surface area contributed by atoms with Gasteiger partial charge in [-0.3, -0.25) is 9.59 Å². The van der Waals surface area contributed by atoms with Crippen LogP contribution in [0.3, 0.4) is 0 Å². The molecule has 1 amide bonds. The second-order valence-corrected chi connectivity index (χ2v) is 7.56. The summed E-state index contributed by atoms with van der Waals surface area (Å²) in [6.07, 6.45) is 1.47. The molecule has 4 heteroatoms. The van der Waals surface area contributed by atoms with E-state index in [9.17, 15) is 9.59 Å². The van der Waals surface area contributed by atoms with Crippen molar-refractivity contribution in [3.8, 4) is 11.1 Å². The van der Waals surface area contributed by atoms with Crippen LogP contribution < -0.4 is 5.32 Å². The Balaban J connectivity index is 2.08. The van der Waals surface area contributed by atoms with Gasteiger partial charge in [-0.15, -0.1) is 0 Å². The Hall–Kier alpha value is -2.46. The van der Waals surface area contributed by atoms with Gasteiger partial charge in [-0.05, 0) is 53.4 Å². The number of hydrogen-bond acceptors (Lipinski definition) is 2. The van der Waals surface area contributed by atoms with Crippen molar-refractivity contribution in [3.05, 3.63) is 70.7 Å². The van der Waals surface area contributed by atoms with E-state index in [0.29, 0.717) is 12.0 Å². The van der Waals surface area contributed by atoms with Gasteiger partial charge in [0.05, 0.1) is 6.04 Å². The van der Waals surface area contributed by atoms with E-state index in [1.165, 1.54) is 6.92 Å². The van der Waals surface area contributed by atoms with E-state index in [-0.39, 0.29) is 11.7 Å². The van der Waals surface area contributed by atoms with Crippen LogP contribution in [0.15, 0.2) is 65.1 Å². The molecule has 0 saturated heterocycles. The third-order valence-electron chi connectivity index (χ3n) is 4.68. The zero-order valence-electron chi connectivity index (χ0n) is 15.5. The zero-order valence-corrected chi connectivity index (χ0v) is 17.0. The van der Waals surface area contributed by atoms with Gasteiger partial charge in [-0.1, -0.05) is 71.7 Å². The molecule has 0 aliphatic rings. The van der Waals surface area contributed by atoms with Crippen molar-refractivity contribution >= 4 is 38.4 Å². The fourth-order valence-corrected chi connectivity index (χ4v) is 3.66. The lowest BCUT2D eigenvalue weighted by atomic mass is 9.94. The lowest BCUT2D eigenvalue weighted by molar-refractivity contribution is -0.118. The minimum Gasteiger partial charge on any atom is -0.342 e. The van der Waals surface area contributed by atoms with Crippen LogP contribution in [0.25, 0.3) is 21.9 Å². The molecule has 0 heterocycles. The van der Waals surface area contributed by atoms with Crippen molar-refractivity contribution in [2.45, 2.75) is 32.7 Å². The van der Waals surface area contributed by atoms with Gasteiger partial charge in [0.2, 0.25) is 0 Å². The molecule has 27 heavy (non-hydrogen) atoms. The molecular weight excluding hydrogens is 402 g/mol. The number of benzene rings is 3. The quantitative estimate of drug-likeness (QED) is 0.547. The monoisotopic (exact) mass is 423 g/mol. The van der Waals surface area contributed by atoms with Crippen LogP contribution in [0.1, 0.15) is 37.0 Å². The normalized spacial score (nSPS) is 12.0. The molecule has 3 aromatic rings. The molecule has 0 unspecified atom stereocenters. The summed E-state index contributed by atoms with van der Waals surface area (Å²) in [7, 11) is 0. The van der Waals surface area contributed by atoms with Gasteiger partial charge < -0.3 is 5.32 Å². The molecule has 1 atom stereocenters. The zero-order chi connectivity index (χ0) is 19.4. The van der Waals surface area contributed by atoms with Crippen molar-refractivity contribution in [1.82, 2.24) is 5.32 Å². The molecule has 3 nitrogen and oxygen atoms in total. The number of ketones is 1. The third kappa shape index (κ3) is 4.28. The first-order valence-electron chi connectivity index (χ1n) is 9.10. The fraction of sp³-hybridized carbons (Fsp3) is 0.217. The molecule has 0 saturated carbocycles. The molecule has 3 rings (SSSR count). The highest BCUT2D eigenvalue weighted by Gasteiger charge is 2.20. The van der Waals surface area contributed by atoms with E-state index >= 15 is 0 Å². The van der Waals surface area contributed by atoms with E-state index in [1.54, 1.807) is 6.07 Å². The van der Waals surface area contributed by atoms with Crippen molar-refractivity contribution in [3.63, 3.8) is 0 Å². The van der Waals surface area contributed by atoms with Crippen LogP contribution >= 0.6 is 15.9 Å². The first-order chi connectivity index (χ1) is 13.0. The Bertz CT molecular complexity index is 991. The lowest BCUT2D eigenvalue weighted by Gasteiger charge is -2.17. The molecule has 0 aliphatic carbocycles. The maximum absolute atomic E-state index is 13.0. The maximum atomic E-state index is 13.0. The Morgan fingerprint density at radius 3 is 2.48 bits per heavy atom. The van der Waals surface area contributed by atoms with E-state index in [4.69, 9.17) is 0 Å². The molecule has 0 radical (unpaired) electrons. The summed E-state index contributed by atoms with van der Waals surface area (Å²) < 4.78 is 0.902. The molecule has 0 fully saturated rings. The van der Waals surface area contributed by atoms with Crippen LogP contribution in [0.5, 0.6) is 0 Å². The summed E-state index contributed by atoms with van der Waals surface area (Å²) in [4.78, 5) is 24.9. The van der Waals surface area contributed by atoms with Crippen LogP contribution in [0.4, 0.5) is 0 Å². The predicted octanol–water partition coefficient (Wildman–Crippen LogP) is 5.76. The number of carbonyl (C=O) groups is 2. The smallest absolute Gasteiger partial charge is 0.252 e. The van der Waals surface area contributed by atoms with Crippen LogP contribution in [0, 0.1) is 0 Å². The van der Waals surface area contributed by atoms with Gasteiger partial charge in [0.25, 0.3) is 5.91 Å². The number of fused-ring (bicyclic) bond motifs is 1. The van der Waals surface area contributed by atoms with Gasteiger partial charge in [-0.2, -0.15) is 0 Å². The van der Waals surface area contributed by atoms with Crippen molar-refractivity contribution in [2.75, 3.05) is 0 Å². The third-order valence-corrected chi connectivity index (χ3v) is 5.17. The maximum Gasteiger partial charge on any atom is 0.252 e. The molecule has 0 bridgehead atoms. The molecule has 0 spiro atoms. The summed E-state index contributed by atoms with van der Waals surface area (Å²) in [5, 5.41) is 5.11. The SMILES string of the molecule is CCC[C@H](NC(=O)c1ccc(Br)cc1-c1cccc2ccccc12)C(C)=O. The predicted molar refractivity (Wildman–Crippen MR) is 114 cm³/mol. The number of nitrogens with one attached hydrogen (secondary N) is 1. The van der Waals surface area contributed by atoms with Gasteiger partial charge in [-0.25, -0.2) is 0 Å². The molecule has 1 N–H and O–H groups in total. The standard InChI is InChI=1S/C23H22BrNO2/c1-3-7-22(15(2)26)25-23(27)20-13-12-17(24)14-21(20)19-11-6-9-16-8-4-5-10-18(16)19/h4-6,8-14,22H,3,7H2,1-2H3,(H,25,27)/t22-/m0/s1. The second-order valence-electron chi connectivity index (χ2n) is 6.64. The minimum atomic E-state index is -0.452. The molecule has 3 aromatic carbocycles. The molecule has 0 aliphatic heterocycles. The highest BCUT2D eigenvalue weighted by molar-refractivity contribution is 9.10. The van der Waals surface area contributed by atoms with Gasteiger partial charge in [0.1, 0.15) is 0 Å². The first-order valence-corrected chi connectivity index (χ1v) is 9.89. The highest BCUT2D eigenvalue weighted by Crippen LogP contribution is 2.33. The van der Waals surface area contributed by atoms with Gasteiger partial charge in [0.15, 0.2) is 5.78 Å². The topological polar surface area (TPSA) is 46.2 Å². The summed E-state index contributed by atoms with van der Waals surface area (Å²) in [5.74, 6) is -0.242. The lowest BCUT2D eigenvalue weighted by Crippen LogP contribution is -2.39. The highest BCUT2D eigenvalue weighted by atomic mass is 79.9. The molecular formula is C23H22BrNO2. The van der Waals surface area contributed by atoms with Gasteiger partial charge in [0, 0.05) is 10.0 Å². The molecule has 138 valence electrons. The minimum absolute atomic E-state index is 0.0194. The first kappa shape index (κ1) is 19.3. The van der Waals surface area contributed by atoms with E-state index in [2.05, 4.69) is 39.4 Å². The van der Waals surface area contributed by atoms with E-state index in [1.807, 2.05) is 43.3 Å². The largest absolute Gasteiger partial charge is 0.342 e. The van der Waals surface area contributed by atoms with E-state index < -0.39 is 6.04 Å². The Morgan fingerprint density at radius 1 is 1.00 bits per heavy atom. The van der Waals surface area contributed by atoms with Gasteiger partial charge >= 0.3 is 0 Å². The number of Topliss-reactive ketones (excluding diaryl/α,β-unsaturated/α-hetero) is 1. The Kier molecular flexibility index (Phi) is 6.07. The Morgan fingerprint density at radius 2 is 1.74 bits per heavy atom. The van der Waals surface area contributed by atoms with Crippen LogP contribution in [0.2, 0.25) is 0 Å². The van der Waals surface area contributed by atoms with Crippen molar-refractivity contribution < 1.29 is 9.59 Å². The number of carbonyl (C=O) groups excluding carboxylic acids is 2. The van der Waals surface area contributed by atoms with Crippen LogP contribution in [-0.2, 0) is 4.79 Å². The number of rotatable bonds is 6. The van der Waals surface area contributed by atoms with Crippen LogP contribution in [-0.4, -0.2) is 17.7 Å².